The number of amides is 1. The molecule has 0 spiro atoms. The Morgan fingerprint density at radius 3 is 1.98 bits per heavy atom. The minimum Gasteiger partial charge on any atom is -0.462 e. The van der Waals surface area contributed by atoms with Crippen molar-refractivity contribution in [1.29, 1.82) is 0 Å². The fourth-order valence-corrected chi connectivity index (χ4v) is 11.2. The molecule has 1 aliphatic heterocycles. The van der Waals surface area contributed by atoms with Crippen LogP contribution in [0.1, 0.15) is 68.1 Å². The second kappa shape index (κ2) is 14.4. The average molecular weight is 640 g/mol. The van der Waals surface area contributed by atoms with E-state index in [0.717, 1.165) is 5.56 Å². The highest BCUT2D eigenvalue weighted by Crippen LogP contribution is 2.41. The van der Waals surface area contributed by atoms with Crippen LogP contribution in [0.25, 0.3) is 0 Å². The Balaban J connectivity index is 1.50. The normalized spacial score (nSPS) is 16.9. The maximum absolute atomic E-state index is 15.4. The van der Waals surface area contributed by atoms with Crippen molar-refractivity contribution in [2.75, 3.05) is 13.2 Å². The monoisotopic (exact) mass is 639 g/mol. The molecule has 0 radical (unpaired) electrons. The van der Waals surface area contributed by atoms with Gasteiger partial charge in [0.2, 0.25) is 0 Å². The van der Waals surface area contributed by atoms with E-state index in [2.05, 4.69) is 69.3 Å². The summed E-state index contributed by atoms with van der Waals surface area (Å²) in [4.78, 5) is 27.6. The molecule has 1 saturated heterocycles. The van der Waals surface area contributed by atoms with E-state index in [0.29, 0.717) is 24.9 Å². The lowest BCUT2D eigenvalue weighted by molar-refractivity contribution is 0.0310. The van der Waals surface area contributed by atoms with Gasteiger partial charge in [-0.3, -0.25) is 0 Å². The minimum atomic E-state index is -2.89. The van der Waals surface area contributed by atoms with Crippen LogP contribution in [0.2, 0.25) is 5.04 Å². The number of hydrogen-bond donors (Lipinski definition) is 0. The zero-order valence-electron chi connectivity index (χ0n) is 26.9. The lowest BCUT2D eigenvalue weighted by Gasteiger charge is -2.48. The Morgan fingerprint density at radius 2 is 1.43 bits per heavy atom. The zero-order valence-corrected chi connectivity index (χ0v) is 27.9. The smallest absolute Gasteiger partial charge is 0.410 e. The third-order valence-electron chi connectivity index (χ3n) is 8.63. The molecule has 1 unspecified atom stereocenters. The number of halogens is 1. The molecule has 240 valence electrons. The molecule has 8 heteroatoms. The van der Waals surface area contributed by atoms with Crippen LogP contribution < -0.4 is 10.4 Å². The van der Waals surface area contributed by atoms with Crippen molar-refractivity contribution in [2.45, 2.75) is 64.3 Å². The fraction of sp³-hybridized carbons (Fsp3) is 0.316. The summed E-state index contributed by atoms with van der Waals surface area (Å²) in [5, 5.41) is 2.10. The number of rotatable bonds is 9. The van der Waals surface area contributed by atoms with E-state index in [1.165, 1.54) is 22.5 Å². The van der Waals surface area contributed by atoms with Crippen LogP contribution in [0.3, 0.4) is 0 Å². The molecule has 1 heterocycles. The molecular formula is C38H42FNO5Si. The van der Waals surface area contributed by atoms with Gasteiger partial charge in [-0.1, -0.05) is 118 Å². The van der Waals surface area contributed by atoms with E-state index in [9.17, 15) is 9.59 Å². The maximum atomic E-state index is 15.4. The number of carbonyl (C=O) groups excluding carboxylic acids is 2. The van der Waals surface area contributed by atoms with Gasteiger partial charge < -0.3 is 18.8 Å². The molecule has 0 N–H and O–H groups in total. The van der Waals surface area contributed by atoms with Crippen LogP contribution in [0, 0.1) is 5.82 Å². The first-order valence-electron chi connectivity index (χ1n) is 15.9. The van der Waals surface area contributed by atoms with Crippen molar-refractivity contribution < 1.29 is 27.9 Å². The quantitative estimate of drug-likeness (QED) is 0.141. The number of benzene rings is 4. The summed E-state index contributed by atoms with van der Waals surface area (Å²) in [6.07, 6.45) is 0.309. The van der Waals surface area contributed by atoms with Gasteiger partial charge in [-0.2, -0.15) is 0 Å². The minimum absolute atomic E-state index is 0.126. The molecule has 2 atom stereocenters. The highest BCUT2D eigenvalue weighted by Gasteiger charge is 2.52. The molecule has 1 fully saturated rings. The van der Waals surface area contributed by atoms with Crippen molar-refractivity contribution in [1.82, 2.24) is 4.90 Å². The molecule has 1 aliphatic rings. The van der Waals surface area contributed by atoms with E-state index in [1.54, 1.807) is 17.9 Å². The molecule has 0 aromatic heterocycles. The van der Waals surface area contributed by atoms with Gasteiger partial charge in [-0.15, -0.1) is 0 Å². The van der Waals surface area contributed by atoms with Gasteiger partial charge in [-0.25, -0.2) is 14.0 Å². The molecule has 6 nitrogen and oxygen atoms in total. The third-order valence-corrected chi connectivity index (χ3v) is 13.7. The van der Waals surface area contributed by atoms with Gasteiger partial charge in [-0.05, 0) is 58.4 Å². The molecule has 0 saturated carbocycles. The molecule has 0 aliphatic carbocycles. The standard InChI is InChI=1S/C38H42FNO5Si/c1-5-43-36(41)33-22-21-29(25-34(33)39)35-26-30(23-24-40(35)37(42)44-27-28-15-9-6-10-16-28)45-46(38(2,3)4,31-17-11-7-12-18-31)32-19-13-8-14-20-32/h6-22,25,30,35H,5,23-24,26-27H2,1-4H3/t30?,35-/m0/s1. The van der Waals surface area contributed by atoms with Gasteiger partial charge in [0.15, 0.2) is 0 Å². The molecule has 4 aromatic rings. The Kier molecular flexibility index (Phi) is 10.4. The van der Waals surface area contributed by atoms with Crippen molar-refractivity contribution in [2.24, 2.45) is 0 Å². The largest absolute Gasteiger partial charge is 0.462 e. The molecule has 0 bridgehead atoms. The first kappa shape index (κ1) is 33.1. The summed E-state index contributed by atoms with van der Waals surface area (Å²) in [5.74, 6) is -1.41. The van der Waals surface area contributed by atoms with Crippen LogP contribution in [0.15, 0.2) is 109 Å². The second-order valence-corrected chi connectivity index (χ2v) is 16.9. The van der Waals surface area contributed by atoms with E-state index in [-0.39, 0.29) is 29.9 Å². The summed E-state index contributed by atoms with van der Waals surface area (Å²) in [6.45, 7) is 9.01. The molecule has 1 amide bonds. The summed E-state index contributed by atoms with van der Waals surface area (Å²) < 4.78 is 33.6. The fourth-order valence-electron chi connectivity index (χ4n) is 6.43. The summed E-state index contributed by atoms with van der Waals surface area (Å²) in [6, 6.07) is 34.3. The van der Waals surface area contributed by atoms with Crippen LogP contribution in [0.5, 0.6) is 0 Å². The predicted molar refractivity (Wildman–Crippen MR) is 180 cm³/mol. The number of esters is 1. The van der Waals surface area contributed by atoms with E-state index >= 15 is 4.39 Å². The van der Waals surface area contributed by atoms with E-state index in [1.807, 2.05) is 42.5 Å². The van der Waals surface area contributed by atoms with Gasteiger partial charge in [0.25, 0.3) is 8.32 Å². The predicted octanol–water partition coefficient (Wildman–Crippen LogP) is 7.42. The van der Waals surface area contributed by atoms with Gasteiger partial charge in [0, 0.05) is 12.6 Å². The van der Waals surface area contributed by atoms with Gasteiger partial charge >= 0.3 is 12.1 Å². The van der Waals surface area contributed by atoms with Crippen molar-refractivity contribution in [3.05, 3.63) is 132 Å². The first-order valence-corrected chi connectivity index (χ1v) is 17.8. The number of hydrogen-bond acceptors (Lipinski definition) is 5. The van der Waals surface area contributed by atoms with E-state index < -0.39 is 32.2 Å². The summed E-state index contributed by atoms with van der Waals surface area (Å²) >= 11 is 0. The number of nitrogens with zero attached hydrogens (tertiary/aromatic N) is 1. The molecule has 46 heavy (non-hydrogen) atoms. The van der Waals surface area contributed by atoms with Crippen LogP contribution in [-0.4, -0.2) is 44.5 Å². The van der Waals surface area contributed by atoms with Crippen LogP contribution >= 0.6 is 0 Å². The first-order chi connectivity index (χ1) is 22.1. The van der Waals surface area contributed by atoms with Crippen molar-refractivity contribution in [3.63, 3.8) is 0 Å². The van der Waals surface area contributed by atoms with Crippen molar-refractivity contribution in [3.8, 4) is 0 Å². The Hall–Kier alpha value is -4.27. The SMILES string of the molecule is CCOC(=O)c1ccc([C@@H]2CC(O[Si](c3ccccc3)(c3ccccc3)C(C)(C)C)CCN2C(=O)OCc2ccccc2)cc1F. The lowest BCUT2D eigenvalue weighted by Crippen LogP contribution is -2.68. The molecule has 5 rings (SSSR count). The maximum Gasteiger partial charge on any atom is 0.410 e. The van der Waals surface area contributed by atoms with E-state index in [4.69, 9.17) is 13.9 Å². The number of carbonyl (C=O) groups is 2. The van der Waals surface area contributed by atoms with Crippen LogP contribution in [-0.2, 0) is 20.5 Å². The number of likely N-dealkylation sites (tertiary alicyclic amines) is 1. The third kappa shape index (κ3) is 7.08. The Labute approximate surface area is 272 Å². The zero-order chi connectivity index (χ0) is 32.7. The topological polar surface area (TPSA) is 65.1 Å². The number of piperidine rings is 1. The number of ether oxygens (including phenoxy) is 2. The van der Waals surface area contributed by atoms with Gasteiger partial charge in [0.05, 0.1) is 18.2 Å². The van der Waals surface area contributed by atoms with Crippen molar-refractivity contribution >= 4 is 30.8 Å². The molecular weight excluding hydrogens is 598 g/mol. The summed E-state index contributed by atoms with van der Waals surface area (Å²) in [5.41, 5.74) is 1.31. The van der Waals surface area contributed by atoms with Crippen LogP contribution in [0.4, 0.5) is 9.18 Å². The average Bonchev–Trinajstić information content (AvgIpc) is 3.06. The highest BCUT2D eigenvalue weighted by molar-refractivity contribution is 6.99. The molecule has 4 aromatic carbocycles. The summed E-state index contributed by atoms with van der Waals surface area (Å²) in [7, 11) is -2.89. The Morgan fingerprint density at radius 1 is 0.848 bits per heavy atom. The highest BCUT2D eigenvalue weighted by atomic mass is 28.4. The lowest BCUT2D eigenvalue weighted by atomic mass is 9.93. The van der Waals surface area contributed by atoms with Gasteiger partial charge in [0.1, 0.15) is 12.4 Å². The Bertz CT molecular complexity index is 1570. The second-order valence-electron chi connectivity index (χ2n) is 12.6.